The average Bonchev–Trinajstić information content (AvgIpc) is 3.33. The van der Waals surface area contributed by atoms with E-state index in [0.29, 0.717) is 4.90 Å². The molecule has 2 amide bonds. The van der Waals surface area contributed by atoms with Crippen LogP contribution in [0, 0.1) is 0 Å². The van der Waals surface area contributed by atoms with Gasteiger partial charge in [0.05, 0.1) is 4.90 Å². The van der Waals surface area contributed by atoms with Crippen molar-refractivity contribution in [2.45, 2.75) is 56.4 Å². The fraction of sp³-hybridized carbons (Fsp3) is 0.435. The van der Waals surface area contributed by atoms with Gasteiger partial charge in [0, 0.05) is 12.2 Å². The number of carbonyl (C=O) groups excluding carboxylic acids is 1. The summed E-state index contributed by atoms with van der Waals surface area (Å²) in [5.74, 6) is 0. The third kappa shape index (κ3) is 3.77. The fourth-order valence-corrected chi connectivity index (χ4v) is 5.78. The number of urea groups is 1. The number of fused-ring (bicyclic) bond motifs is 2. The van der Waals surface area contributed by atoms with Gasteiger partial charge in [-0.1, -0.05) is 18.2 Å². The lowest BCUT2D eigenvalue weighted by atomic mass is 9.99. The first-order chi connectivity index (χ1) is 14.5. The van der Waals surface area contributed by atoms with E-state index in [1.54, 1.807) is 12.1 Å². The molecule has 1 unspecified atom stereocenters. The molecule has 0 radical (unpaired) electrons. The molecule has 0 spiro atoms. The molecule has 158 valence electrons. The maximum absolute atomic E-state index is 13.0. The van der Waals surface area contributed by atoms with Crippen LogP contribution >= 0.6 is 0 Å². The Balaban J connectivity index is 1.37. The minimum Gasteiger partial charge on any atom is -0.305 e. The summed E-state index contributed by atoms with van der Waals surface area (Å²) in [6, 6.07) is 8.99. The number of carbonyl (C=O) groups is 1. The Morgan fingerprint density at radius 1 is 1.00 bits per heavy atom. The second-order valence-corrected chi connectivity index (χ2v) is 10.4. The summed E-state index contributed by atoms with van der Waals surface area (Å²) in [7, 11) is -3.30. The third-order valence-corrected chi connectivity index (χ3v) is 7.92. The fourth-order valence-electron chi connectivity index (χ4n) is 4.86. The zero-order valence-corrected chi connectivity index (χ0v) is 18.0. The Labute approximate surface area is 178 Å². The second-order valence-electron chi connectivity index (χ2n) is 8.60. The molecule has 3 N–H and O–H groups in total. The van der Waals surface area contributed by atoms with Crippen LogP contribution in [0.25, 0.3) is 0 Å². The highest BCUT2D eigenvalue weighted by molar-refractivity contribution is 7.91. The first-order valence-corrected chi connectivity index (χ1v) is 12.4. The van der Waals surface area contributed by atoms with Crippen molar-refractivity contribution >= 4 is 21.6 Å². The van der Waals surface area contributed by atoms with Crippen molar-refractivity contribution < 1.29 is 9.00 Å². The minimum absolute atomic E-state index is 0.383. The zero-order valence-electron chi connectivity index (χ0n) is 17.2. The van der Waals surface area contributed by atoms with Gasteiger partial charge in [-0.05, 0) is 98.0 Å². The maximum atomic E-state index is 13.0. The van der Waals surface area contributed by atoms with Gasteiger partial charge in [0.15, 0.2) is 0 Å². The van der Waals surface area contributed by atoms with Crippen LogP contribution in [0.3, 0.4) is 0 Å². The van der Waals surface area contributed by atoms with Crippen LogP contribution < -0.4 is 10.5 Å². The van der Waals surface area contributed by atoms with Crippen molar-refractivity contribution in [3.8, 4) is 0 Å². The molecular weight excluding hydrogens is 396 g/mol. The Kier molecular flexibility index (Phi) is 5.13. The van der Waals surface area contributed by atoms with Gasteiger partial charge in [-0.25, -0.2) is 14.1 Å². The van der Waals surface area contributed by atoms with E-state index in [1.807, 2.05) is 12.1 Å². The number of nitrogens with two attached hydrogens (primary N) is 1. The molecule has 1 saturated heterocycles. The monoisotopic (exact) mass is 424 g/mol. The molecular formula is C23H28N4O2S. The summed E-state index contributed by atoms with van der Waals surface area (Å²) in [5, 5.41) is 8.95. The predicted molar refractivity (Wildman–Crippen MR) is 119 cm³/mol. The van der Waals surface area contributed by atoms with E-state index in [0.717, 1.165) is 69.4 Å². The number of likely N-dealkylation sites (tertiary alicyclic amines) is 1. The summed E-state index contributed by atoms with van der Waals surface area (Å²) < 4.78 is 16.9. The Morgan fingerprint density at radius 2 is 1.63 bits per heavy atom. The van der Waals surface area contributed by atoms with E-state index in [4.69, 9.17) is 5.14 Å². The van der Waals surface area contributed by atoms with E-state index >= 15 is 0 Å². The lowest BCUT2D eigenvalue weighted by Gasteiger charge is -2.30. The Hall–Kier alpha value is -2.22. The average molecular weight is 425 g/mol. The highest BCUT2D eigenvalue weighted by atomic mass is 32.2. The second kappa shape index (κ2) is 7.80. The molecule has 0 aromatic heterocycles. The highest BCUT2D eigenvalue weighted by Crippen LogP contribution is 2.38. The molecule has 5 rings (SSSR count). The smallest absolute Gasteiger partial charge is 0.305 e. The quantitative estimate of drug-likeness (QED) is 0.782. The predicted octanol–water partition coefficient (Wildman–Crippen LogP) is 3.80. The summed E-state index contributed by atoms with van der Waals surface area (Å²) in [6.45, 7) is 3.13. The topological polar surface area (TPSA) is 87.8 Å². The van der Waals surface area contributed by atoms with E-state index in [-0.39, 0.29) is 0 Å². The van der Waals surface area contributed by atoms with Crippen LogP contribution in [0.5, 0.6) is 0 Å². The van der Waals surface area contributed by atoms with E-state index in [2.05, 4.69) is 20.6 Å². The normalized spacial score (nSPS) is 19.5. The van der Waals surface area contributed by atoms with Crippen molar-refractivity contribution in [1.29, 1.82) is 0 Å². The number of amides is 2. The van der Waals surface area contributed by atoms with Gasteiger partial charge in [-0.3, -0.25) is 4.90 Å². The van der Waals surface area contributed by atoms with Crippen molar-refractivity contribution in [2.75, 3.05) is 18.4 Å². The van der Waals surface area contributed by atoms with Gasteiger partial charge in [-0.2, -0.15) is 0 Å². The molecule has 0 bridgehead atoms. The van der Waals surface area contributed by atoms with Crippen molar-refractivity contribution in [2.24, 2.45) is 9.50 Å². The van der Waals surface area contributed by atoms with Crippen LogP contribution in [-0.2, 0) is 42.1 Å². The van der Waals surface area contributed by atoms with Crippen LogP contribution in [-0.4, -0.2) is 28.2 Å². The molecule has 30 heavy (non-hydrogen) atoms. The largest absolute Gasteiger partial charge is 0.354 e. The summed E-state index contributed by atoms with van der Waals surface area (Å²) in [6.07, 6.45) is 7.51. The highest BCUT2D eigenvalue weighted by Gasteiger charge is 2.25. The summed E-state index contributed by atoms with van der Waals surface area (Å²) in [4.78, 5) is 15.4. The molecule has 1 atom stereocenters. The maximum Gasteiger partial charge on any atom is 0.354 e. The molecule has 7 heteroatoms. The minimum atomic E-state index is -3.30. The number of anilines is 1. The van der Waals surface area contributed by atoms with Gasteiger partial charge < -0.3 is 5.32 Å². The molecule has 0 saturated carbocycles. The van der Waals surface area contributed by atoms with Crippen molar-refractivity contribution in [3.63, 3.8) is 0 Å². The van der Waals surface area contributed by atoms with Crippen LogP contribution in [0.15, 0.2) is 39.6 Å². The van der Waals surface area contributed by atoms with Gasteiger partial charge in [-0.15, -0.1) is 4.36 Å². The van der Waals surface area contributed by atoms with Gasteiger partial charge in [0.1, 0.15) is 9.92 Å². The van der Waals surface area contributed by atoms with Gasteiger partial charge in [0.25, 0.3) is 0 Å². The summed E-state index contributed by atoms with van der Waals surface area (Å²) >= 11 is 0. The number of hydrogen-bond acceptors (Lipinski definition) is 3. The number of rotatable bonds is 4. The number of benzene rings is 2. The summed E-state index contributed by atoms with van der Waals surface area (Å²) in [5.41, 5.74) is 7.14. The molecule has 1 heterocycles. The van der Waals surface area contributed by atoms with E-state index in [1.165, 1.54) is 28.7 Å². The Morgan fingerprint density at radius 3 is 2.20 bits per heavy atom. The van der Waals surface area contributed by atoms with Crippen LogP contribution in [0.4, 0.5) is 10.5 Å². The van der Waals surface area contributed by atoms with Crippen LogP contribution in [0.2, 0.25) is 0 Å². The number of aryl methyl sites for hydroxylation is 2. The molecule has 2 aromatic rings. The molecule has 2 aliphatic carbocycles. The van der Waals surface area contributed by atoms with Gasteiger partial charge in [0.2, 0.25) is 0 Å². The lowest BCUT2D eigenvalue weighted by molar-refractivity contribution is 0.172. The number of hydrogen-bond donors (Lipinski definition) is 2. The molecule has 1 aliphatic heterocycles. The standard InChI is InChI=1S/C23H28N4O2S/c24-30(29,19-10-8-16(9-11-19)15-27-12-3-13-27)26-23(28)25-22-20-6-1-4-17(20)14-18-5-2-7-21(18)22/h8-11,14H,1-7,12-13,15H2,(H3,24,25,26,28,29). The Bertz CT molecular complexity index is 1080. The van der Waals surface area contributed by atoms with Gasteiger partial charge >= 0.3 is 6.03 Å². The molecule has 1 fully saturated rings. The first-order valence-electron chi connectivity index (χ1n) is 10.8. The third-order valence-electron chi connectivity index (χ3n) is 6.54. The SMILES string of the molecule is NS(=O)(=NC(=O)Nc1c2c(cc3c1CCC3)CCC2)c1ccc(CN2CCC2)cc1. The number of nitrogens with zero attached hydrogens (tertiary/aromatic N) is 2. The van der Waals surface area contributed by atoms with E-state index in [9.17, 15) is 9.00 Å². The molecule has 6 nitrogen and oxygen atoms in total. The molecule has 3 aliphatic rings. The zero-order chi connectivity index (χ0) is 20.7. The molecule has 2 aromatic carbocycles. The van der Waals surface area contributed by atoms with Crippen molar-refractivity contribution in [1.82, 2.24) is 4.90 Å². The first kappa shape index (κ1) is 19.7. The van der Waals surface area contributed by atoms with Crippen molar-refractivity contribution in [3.05, 3.63) is 58.1 Å². The number of nitrogens with one attached hydrogen (secondary N) is 1. The van der Waals surface area contributed by atoms with E-state index < -0.39 is 15.9 Å². The lowest BCUT2D eigenvalue weighted by Crippen LogP contribution is -2.36. The van der Waals surface area contributed by atoms with Crippen LogP contribution in [0.1, 0.15) is 47.1 Å².